The van der Waals surface area contributed by atoms with Gasteiger partial charge in [-0.1, -0.05) is 0 Å². The molecule has 1 heterocycles. The standard InChI is InChI=1S/C9H10N2O/c1-6-2-3-10-9(11-6)8-4-7(8)5-12/h2-3,5,7-8H,4H2,1H3/t7-,8+/m1/s1. The lowest BCUT2D eigenvalue weighted by molar-refractivity contribution is -0.108. The van der Waals surface area contributed by atoms with Crippen LogP contribution in [-0.2, 0) is 4.79 Å². The molecule has 0 bridgehead atoms. The largest absolute Gasteiger partial charge is 0.303 e. The molecular weight excluding hydrogens is 152 g/mol. The van der Waals surface area contributed by atoms with Gasteiger partial charge in [-0.3, -0.25) is 0 Å². The van der Waals surface area contributed by atoms with E-state index in [2.05, 4.69) is 9.97 Å². The van der Waals surface area contributed by atoms with Crippen LogP contribution >= 0.6 is 0 Å². The minimum absolute atomic E-state index is 0.173. The Morgan fingerprint density at radius 1 is 1.67 bits per heavy atom. The Hall–Kier alpha value is -1.25. The van der Waals surface area contributed by atoms with E-state index in [1.54, 1.807) is 6.20 Å². The molecule has 1 fully saturated rings. The summed E-state index contributed by atoms with van der Waals surface area (Å²) in [5.74, 6) is 1.29. The topological polar surface area (TPSA) is 42.9 Å². The van der Waals surface area contributed by atoms with Crippen molar-refractivity contribution in [2.75, 3.05) is 0 Å². The monoisotopic (exact) mass is 162 g/mol. The second-order valence-corrected chi connectivity index (χ2v) is 3.20. The molecule has 1 aromatic heterocycles. The highest BCUT2D eigenvalue weighted by Gasteiger charge is 2.40. The van der Waals surface area contributed by atoms with Gasteiger partial charge >= 0.3 is 0 Å². The number of nitrogens with zero attached hydrogens (tertiary/aromatic N) is 2. The van der Waals surface area contributed by atoms with Gasteiger partial charge in [0.25, 0.3) is 0 Å². The number of hydrogen-bond donors (Lipinski definition) is 0. The summed E-state index contributed by atoms with van der Waals surface area (Å²) < 4.78 is 0. The number of aromatic nitrogens is 2. The van der Waals surface area contributed by atoms with Crippen LogP contribution in [0.5, 0.6) is 0 Å². The predicted molar refractivity (Wildman–Crippen MR) is 43.7 cm³/mol. The Labute approximate surface area is 70.9 Å². The highest BCUT2D eigenvalue weighted by molar-refractivity contribution is 5.60. The molecular formula is C9H10N2O. The van der Waals surface area contributed by atoms with Crippen LogP contribution in [0.4, 0.5) is 0 Å². The summed E-state index contributed by atoms with van der Waals surface area (Å²) in [6, 6.07) is 1.86. The molecule has 62 valence electrons. The van der Waals surface area contributed by atoms with E-state index in [9.17, 15) is 4.79 Å². The van der Waals surface area contributed by atoms with Gasteiger partial charge in [0.15, 0.2) is 0 Å². The number of hydrogen-bond acceptors (Lipinski definition) is 3. The zero-order chi connectivity index (χ0) is 8.55. The highest BCUT2D eigenvalue weighted by atomic mass is 16.1. The lowest BCUT2D eigenvalue weighted by Gasteiger charge is -1.96. The van der Waals surface area contributed by atoms with Crippen LogP contribution in [0.3, 0.4) is 0 Å². The zero-order valence-electron chi connectivity index (χ0n) is 6.90. The van der Waals surface area contributed by atoms with E-state index in [4.69, 9.17) is 0 Å². The van der Waals surface area contributed by atoms with Gasteiger partial charge in [0.05, 0.1) is 0 Å². The molecule has 3 nitrogen and oxygen atoms in total. The Morgan fingerprint density at radius 2 is 2.50 bits per heavy atom. The fourth-order valence-electron chi connectivity index (χ4n) is 1.31. The second-order valence-electron chi connectivity index (χ2n) is 3.20. The van der Waals surface area contributed by atoms with E-state index >= 15 is 0 Å². The molecule has 0 radical (unpaired) electrons. The van der Waals surface area contributed by atoms with Crippen LogP contribution in [0.1, 0.15) is 23.9 Å². The van der Waals surface area contributed by atoms with Gasteiger partial charge in [-0.2, -0.15) is 0 Å². The molecule has 0 spiro atoms. The Kier molecular flexibility index (Phi) is 1.64. The van der Waals surface area contributed by atoms with Crippen molar-refractivity contribution in [1.29, 1.82) is 0 Å². The molecule has 0 N–H and O–H groups in total. The molecule has 0 amide bonds. The van der Waals surface area contributed by atoms with Crippen molar-refractivity contribution in [1.82, 2.24) is 9.97 Å². The van der Waals surface area contributed by atoms with Gasteiger partial charge in [-0.05, 0) is 19.4 Å². The van der Waals surface area contributed by atoms with Crippen LogP contribution in [0, 0.1) is 12.8 Å². The predicted octanol–water partition coefficient (Wildman–Crippen LogP) is 1.09. The van der Waals surface area contributed by atoms with Gasteiger partial charge in [0, 0.05) is 23.7 Å². The molecule has 12 heavy (non-hydrogen) atoms. The lowest BCUT2D eigenvalue weighted by atomic mass is 10.3. The minimum Gasteiger partial charge on any atom is -0.303 e. The first-order valence-corrected chi connectivity index (χ1v) is 4.06. The summed E-state index contributed by atoms with van der Waals surface area (Å²) in [5.41, 5.74) is 0.969. The van der Waals surface area contributed by atoms with Crippen molar-refractivity contribution >= 4 is 6.29 Å². The van der Waals surface area contributed by atoms with Crippen molar-refractivity contribution in [3.8, 4) is 0 Å². The number of carbonyl (C=O) groups is 1. The molecule has 1 aromatic rings. The van der Waals surface area contributed by atoms with E-state index in [-0.39, 0.29) is 5.92 Å². The molecule has 1 aliphatic rings. The van der Waals surface area contributed by atoms with Gasteiger partial charge < -0.3 is 4.79 Å². The van der Waals surface area contributed by atoms with Crippen molar-refractivity contribution < 1.29 is 4.79 Å². The molecule has 0 saturated heterocycles. The first-order valence-electron chi connectivity index (χ1n) is 4.06. The maximum Gasteiger partial charge on any atom is 0.132 e. The third-order valence-electron chi connectivity index (χ3n) is 2.16. The molecule has 1 aliphatic carbocycles. The number of rotatable bonds is 2. The van der Waals surface area contributed by atoms with Gasteiger partial charge in [0.1, 0.15) is 12.1 Å². The molecule has 2 rings (SSSR count). The Bertz CT molecular complexity index is 311. The quantitative estimate of drug-likeness (QED) is 0.611. The van der Waals surface area contributed by atoms with Crippen molar-refractivity contribution in [3.05, 3.63) is 23.8 Å². The summed E-state index contributed by atoms with van der Waals surface area (Å²) >= 11 is 0. The Morgan fingerprint density at radius 3 is 3.08 bits per heavy atom. The normalized spacial score (nSPS) is 26.8. The minimum atomic E-state index is 0.173. The maximum atomic E-state index is 10.4. The fourth-order valence-corrected chi connectivity index (χ4v) is 1.31. The summed E-state index contributed by atoms with van der Waals surface area (Å²) in [6.07, 6.45) is 3.67. The van der Waals surface area contributed by atoms with Crippen LogP contribution in [-0.4, -0.2) is 16.3 Å². The number of aldehydes is 1. The molecule has 1 saturated carbocycles. The summed E-state index contributed by atoms with van der Waals surface area (Å²) in [6.45, 7) is 1.93. The average Bonchev–Trinajstić information content (AvgIpc) is 2.83. The lowest BCUT2D eigenvalue weighted by Crippen LogP contribution is -1.95. The van der Waals surface area contributed by atoms with Crippen LogP contribution in [0.2, 0.25) is 0 Å². The van der Waals surface area contributed by atoms with Crippen molar-refractivity contribution in [2.24, 2.45) is 5.92 Å². The first-order chi connectivity index (χ1) is 5.81. The van der Waals surface area contributed by atoms with Crippen molar-refractivity contribution in [3.63, 3.8) is 0 Å². The summed E-state index contributed by atoms with van der Waals surface area (Å²) in [7, 11) is 0. The van der Waals surface area contributed by atoms with Gasteiger partial charge in [-0.15, -0.1) is 0 Å². The number of carbonyl (C=O) groups excluding carboxylic acids is 1. The highest BCUT2D eigenvalue weighted by Crippen LogP contribution is 2.44. The van der Waals surface area contributed by atoms with Gasteiger partial charge in [0.2, 0.25) is 0 Å². The summed E-state index contributed by atoms with van der Waals surface area (Å²) in [4.78, 5) is 18.8. The van der Waals surface area contributed by atoms with Crippen LogP contribution < -0.4 is 0 Å². The third-order valence-corrected chi connectivity index (χ3v) is 2.16. The summed E-state index contributed by atoms with van der Waals surface area (Å²) in [5, 5.41) is 0. The Balaban J connectivity index is 2.19. The maximum absolute atomic E-state index is 10.4. The van der Waals surface area contributed by atoms with Crippen molar-refractivity contribution in [2.45, 2.75) is 19.3 Å². The SMILES string of the molecule is Cc1ccnc([C@H]2C[C@@H]2C=O)n1. The zero-order valence-corrected chi connectivity index (χ0v) is 6.90. The second kappa shape index (κ2) is 2.66. The molecule has 3 heteroatoms. The first kappa shape index (κ1) is 7.40. The van der Waals surface area contributed by atoms with Crippen LogP contribution in [0.15, 0.2) is 12.3 Å². The van der Waals surface area contributed by atoms with Gasteiger partial charge in [-0.25, -0.2) is 9.97 Å². The van der Waals surface area contributed by atoms with E-state index in [0.29, 0.717) is 5.92 Å². The van der Waals surface area contributed by atoms with E-state index in [1.165, 1.54) is 0 Å². The molecule has 0 aliphatic heterocycles. The van der Waals surface area contributed by atoms with E-state index in [1.807, 2.05) is 13.0 Å². The fraction of sp³-hybridized carbons (Fsp3) is 0.444. The molecule has 0 unspecified atom stereocenters. The molecule has 0 aromatic carbocycles. The van der Waals surface area contributed by atoms with E-state index in [0.717, 1.165) is 24.2 Å². The molecule has 2 atom stereocenters. The number of aryl methyl sites for hydroxylation is 1. The van der Waals surface area contributed by atoms with E-state index < -0.39 is 0 Å². The average molecular weight is 162 g/mol. The van der Waals surface area contributed by atoms with Crippen LogP contribution in [0.25, 0.3) is 0 Å². The smallest absolute Gasteiger partial charge is 0.132 e. The third kappa shape index (κ3) is 1.22.